The Morgan fingerprint density at radius 1 is 1.00 bits per heavy atom. The molecule has 1 aliphatic rings. The quantitative estimate of drug-likeness (QED) is 0.694. The first-order valence-electron chi connectivity index (χ1n) is 7.49. The van der Waals surface area contributed by atoms with Gasteiger partial charge in [-0.2, -0.15) is 0 Å². The van der Waals surface area contributed by atoms with Crippen molar-refractivity contribution in [1.82, 2.24) is 4.90 Å². The number of fused-ring (bicyclic) bond motifs is 1. The second-order valence-corrected chi connectivity index (χ2v) is 6.00. The predicted molar refractivity (Wildman–Crippen MR) is 87.6 cm³/mol. The third-order valence-corrected chi connectivity index (χ3v) is 3.58. The smallest absolute Gasteiger partial charge is 0.261 e. The van der Waals surface area contributed by atoms with E-state index in [4.69, 9.17) is 10.5 Å². The molecular formula is C18H18N2O3. The fourth-order valence-electron chi connectivity index (χ4n) is 2.58. The maximum Gasteiger partial charge on any atom is 0.261 e. The van der Waals surface area contributed by atoms with E-state index in [0.717, 1.165) is 0 Å². The van der Waals surface area contributed by atoms with E-state index < -0.39 is 0 Å². The average Bonchev–Trinajstić information content (AvgIpc) is 2.72. The van der Waals surface area contributed by atoms with Crippen LogP contribution in [-0.4, -0.2) is 23.3 Å². The Balaban J connectivity index is 1.88. The van der Waals surface area contributed by atoms with Gasteiger partial charge in [-0.3, -0.25) is 14.5 Å². The minimum Gasteiger partial charge on any atom is -0.457 e. The van der Waals surface area contributed by atoms with Gasteiger partial charge in [0.05, 0.1) is 11.1 Å². The first kappa shape index (κ1) is 15.1. The maximum atomic E-state index is 12.4. The van der Waals surface area contributed by atoms with Crippen molar-refractivity contribution in [2.45, 2.75) is 13.8 Å². The number of nitrogen functional groups attached to an aromatic ring is 1. The number of imide groups is 1. The number of hydrogen-bond donors (Lipinski definition) is 1. The normalized spacial score (nSPS) is 13.6. The highest BCUT2D eigenvalue weighted by atomic mass is 16.5. The van der Waals surface area contributed by atoms with Crippen LogP contribution in [0, 0.1) is 5.92 Å². The van der Waals surface area contributed by atoms with Crippen LogP contribution >= 0.6 is 0 Å². The lowest BCUT2D eigenvalue weighted by Crippen LogP contribution is -2.33. The largest absolute Gasteiger partial charge is 0.457 e. The topological polar surface area (TPSA) is 72.6 Å². The summed E-state index contributed by atoms with van der Waals surface area (Å²) in [6.45, 7) is 4.35. The van der Waals surface area contributed by atoms with Crippen LogP contribution in [0.4, 0.5) is 5.69 Å². The molecule has 0 aliphatic carbocycles. The molecular weight excluding hydrogens is 292 g/mol. The standard InChI is InChI=1S/C18H18N2O3/c1-11(2)10-20-17(21)15-7-6-14(9-16(15)18(20)22)23-13-5-3-4-12(19)8-13/h3-9,11H,10,19H2,1-2H3. The molecule has 2 aromatic carbocycles. The summed E-state index contributed by atoms with van der Waals surface area (Å²) in [5.41, 5.74) is 7.13. The predicted octanol–water partition coefficient (Wildman–Crippen LogP) is 3.31. The van der Waals surface area contributed by atoms with Gasteiger partial charge in [0.1, 0.15) is 11.5 Å². The molecule has 2 aromatic rings. The van der Waals surface area contributed by atoms with Gasteiger partial charge in [-0.25, -0.2) is 0 Å². The van der Waals surface area contributed by atoms with E-state index in [1.807, 2.05) is 13.8 Å². The Morgan fingerprint density at radius 2 is 1.70 bits per heavy atom. The molecule has 0 bridgehead atoms. The second-order valence-electron chi connectivity index (χ2n) is 6.00. The number of anilines is 1. The number of carbonyl (C=O) groups is 2. The van der Waals surface area contributed by atoms with E-state index >= 15 is 0 Å². The molecule has 23 heavy (non-hydrogen) atoms. The maximum absolute atomic E-state index is 12.4. The molecule has 2 amide bonds. The van der Waals surface area contributed by atoms with E-state index in [9.17, 15) is 9.59 Å². The van der Waals surface area contributed by atoms with Crippen molar-refractivity contribution in [2.75, 3.05) is 12.3 Å². The first-order valence-corrected chi connectivity index (χ1v) is 7.49. The molecule has 5 heteroatoms. The molecule has 0 spiro atoms. The van der Waals surface area contributed by atoms with E-state index in [1.54, 1.807) is 42.5 Å². The summed E-state index contributed by atoms with van der Waals surface area (Å²) in [6.07, 6.45) is 0. The number of amides is 2. The molecule has 0 saturated carbocycles. The van der Waals surface area contributed by atoms with Crippen LogP contribution < -0.4 is 10.5 Å². The Labute approximate surface area is 134 Å². The molecule has 0 fully saturated rings. The van der Waals surface area contributed by atoms with E-state index in [2.05, 4.69) is 0 Å². The average molecular weight is 310 g/mol. The molecule has 1 heterocycles. The van der Waals surface area contributed by atoms with Crippen molar-refractivity contribution >= 4 is 17.5 Å². The van der Waals surface area contributed by atoms with Gasteiger partial charge in [-0.15, -0.1) is 0 Å². The van der Waals surface area contributed by atoms with E-state index in [1.165, 1.54) is 4.90 Å². The summed E-state index contributed by atoms with van der Waals surface area (Å²) in [5.74, 6) is 0.800. The number of benzene rings is 2. The van der Waals surface area contributed by atoms with Gasteiger partial charge in [0.2, 0.25) is 0 Å². The molecule has 0 saturated heterocycles. The van der Waals surface area contributed by atoms with Crippen LogP contribution in [0.2, 0.25) is 0 Å². The highest BCUT2D eigenvalue weighted by Gasteiger charge is 2.35. The first-order chi connectivity index (χ1) is 11.0. The zero-order chi connectivity index (χ0) is 16.6. The minimum atomic E-state index is -0.267. The van der Waals surface area contributed by atoms with Crippen LogP contribution in [0.15, 0.2) is 42.5 Å². The Kier molecular flexibility index (Phi) is 3.78. The van der Waals surface area contributed by atoms with Gasteiger partial charge in [-0.1, -0.05) is 19.9 Å². The summed E-state index contributed by atoms with van der Waals surface area (Å²) in [5, 5.41) is 0. The Morgan fingerprint density at radius 3 is 2.39 bits per heavy atom. The third-order valence-electron chi connectivity index (χ3n) is 3.58. The lowest BCUT2D eigenvalue weighted by molar-refractivity contribution is 0.0636. The van der Waals surface area contributed by atoms with Crippen molar-refractivity contribution in [3.8, 4) is 11.5 Å². The van der Waals surface area contributed by atoms with Crippen LogP contribution in [0.5, 0.6) is 11.5 Å². The molecule has 118 valence electrons. The molecule has 1 aliphatic heterocycles. The number of hydrogen-bond acceptors (Lipinski definition) is 4. The van der Waals surface area contributed by atoms with Crippen molar-refractivity contribution in [1.29, 1.82) is 0 Å². The monoisotopic (exact) mass is 310 g/mol. The summed E-state index contributed by atoms with van der Waals surface area (Å²) >= 11 is 0. The summed E-state index contributed by atoms with van der Waals surface area (Å²) < 4.78 is 5.72. The lowest BCUT2D eigenvalue weighted by atomic mass is 10.1. The van der Waals surface area contributed by atoms with Crippen LogP contribution in [0.3, 0.4) is 0 Å². The third kappa shape index (κ3) is 2.90. The van der Waals surface area contributed by atoms with Crippen molar-refractivity contribution in [3.05, 3.63) is 53.6 Å². The fourth-order valence-corrected chi connectivity index (χ4v) is 2.58. The molecule has 2 N–H and O–H groups in total. The fraction of sp³-hybridized carbons (Fsp3) is 0.222. The number of ether oxygens (including phenoxy) is 1. The number of nitrogens with zero attached hydrogens (tertiary/aromatic N) is 1. The Hall–Kier alpha value is -2.82. The SMILES string of the molecule is CC(C)CN1C(=O)c2ccc(Oc3cccc(N)c3)cc2C1=O. The van der Waals surface area contributed by atoms with Crippen molar-refractivity contribution < 1.29 is 14.3 Å². The summed E-state index contributed by atoms with van der Waals surface area (Å²) in [7, 11) is 0. The number of nitrogens with two attached hydrogens (primary N) is 1. The van der Waals surface area contributed by atoms with Gasteiger partial charge in [-0.05, 0) is 36.2 Å². The van der Waals surface area contributed by atoms with Gasteiger partial charge >= 0.3 is 0 Å². The highest BCUT2D eigenvalue weighted by molar-refractivity contribution is 6.21. The van der Waals surface area contributed by atoms with E-state index in [-0.39, 0.29) is 17.7 Å². The molecule has 0 atom stereocenters. The molecule has 3 rings (SSSR count). The second kappa shape index (κ2) is 5.76. The number of rotatable bonds is 4. The molecule has 0 aromatic heterocycles. The molecule has 0 radical (unpaired) electrons. The van der Waals surface area contributed by atoms with Gasteiger partial charge in [0, 0.05) is 18.3 Å². The Bertz CT molecular complexity index is 784. The number of carbonyl (C=O) groups excluding carboxylic acids is 2. The highest BCUT2D eigenvalue weighted by Crippen LogP contribution is 2.30. The van der Waals surface area contributed by atoms with Gasteiger partial charge in [0.15, 0.2) is 0 Å². The minimum absolute atomic E-state index is 0.222. The van der Waals surface area contributed by atoms with E-state index in [0.29, 0.717) is 34.9 Å². The van der Waals surface area contributed by atoms with Crippen LogP contribution in [-0.2, 0) is 0 Å². The summed E-state index contributed by atoms with van der Waals surface area (Å²) in [4.78, 5) is 26.0. The van der Waals surface area contributed by atoms with Crippen LogP contribution in [0.25, 0.3) is 0 Å². The zero-order valence-corrected chi connectivity index (χ0v) is 13.1. The lowest BCUT2D eigenvalue weighted by Gasteiger charge is -2.15. The van der Waals surface area contributed by atoms with Crippen molar-refractivity contribution in [2.24, 2.45) is 5.92 Å². The van der Waals surface area contributed by atoms with Gasteiger partial charge in [0.25, 0.3) is 11.8 Å². The molecule has 0 unspecified atom stereocenters. The summed E-state index contributed by atoms with van der Waals surface area (Å²) in [6, 6.07) is 12.0. The molecule has 5 nitrogen and oxygen atoms in total. The van der Waals surface area contributed by atoms with Gasteiger partial charge < -0.3 is 10.5 Å². The zero-order valence-electron chi connectivity index (χ0n) is 13.1. The van der Waals surface area contributed by atoms with Crippen LogP contribution in [0.1, 0.15) is 34.6 Å². The van der Waals surface area contributed by atoms with Crippen molar-refractivity contribution in [3.63, 3.8) is 0 Å².